The van der Waals surface area contributed by atoms with E-state index >= 15 is 0 Å². The van der Waals surface area contributed by atoms with Gasteiger partial charge in [0.15, 0.2) is 0 Å². The van der Waals surface area contributed by atoms with Crippen LogP contribution in [0, 0.1) is 6.92 Å². The first-order valence-electron chi connectivity index (χ1n) is 5.90. The topological polar surface area (TPSA) is 71.3 Å². The van der Waals surface area contributed by atoms with Crippen molar-refractivity contribution in [2.24, 2.45) is 0 Å². The number of hydrogen-bond acceptors (Lipinski definition) is 5. The van der Waals surface area contributed by atoms with Gasteiger partial charge in [-0.1, -0.05) is 5.16 Å². The van der Waals surface area contributed by atoms with E-state index in [4.69, 9.17) is 4.52 Å². The lowest BCUT2D eigenvalue weighted by Gasteiger charge is -2.10. The van der Waals surface area contributed by atoms with Crippen molar-refractivity contribution in [2.45, 2.75) is 13.5 Å². The Morgan fingerprint density at radius 1 is 1.42 bits per heavy atom. The molecule has 6 heteroatoms. The SMILES string of the molecule is Cc1cc(CNc2ccc(C(=O)N(C)C)cn2)no1. The molecule has 0 saturated carbocycles. The first-order valence-corrected chi connectivity index (χ1v) is 5.90. The van der Waals surface area contributed by atoms with Gasteiger partial charge >= 0.3 is 0 Å². The van der Waals surface area contributed by atoms with E-state index in [1.165, 1.54) is 4.90 Å². The fourth-order valence-corrected chi connectivity index (χ4v) is 1.57. The average molecular weight is 260 g/mol. The molecule has 6 nitrogen and oxygen atoms in total. The van der Waals surface area contributed by atoms with Gasteiger partial charge in [-0.15, -0.1) is 0 Å². The molecule has 0 aliphatic carbocycles. The molecule has 0 aliphatic heterocycles. The fourth-order valence-electron chi connectivity index (χ4n) is 1.57. The third-order valence-electron chi connectivity index (χ3n) is 2.54. The minimum Gasteiger partial charge on any atom is -0.364 e. The second-order valence-corrected chi connectivity index (χ2v) is 4.41. The van der Waals surface area contributed by atoms with Gasteiger partial charge in [0.05, 0.1) is 12.1 Å². The summed E-state index contributed by atoms with van der Waals surface area (Å²) in [4.78, 5) is 17.4. The lowest BCUT2D eigenvalue weighted by atomic mass is 10.2. The second-order valence-electron chi connectivity index (χ2n) is 4.41. The van der Waals surface area contributed by atoms with Crippen LogP contribution in [0.15, 0.2) is 28.9 Å². The Labute approximate surface area is 111 Å². The number of pyridine rings is 1. The molecule has 19 heavy (non-hydrogen) atoms. The van der Waals surface area contributed by atoms with Gasteiger partial charge in [0.25, 0.3) is 5.91 Å². The molecule has 1 amide bonds. The van der Waals surface area contributed by atoms with E-state index in [1.54, 1.807) is 32.4 Å². The Bertz CT molecular complexity index is 560. The maximum Gasteiger partial charge on any atom is 0.254 e. The Morgan fingerprint density at radius 3 is 2.74 bits per heavy atom. The van der Waals surface area contributed by atoms with Crippen molar-refractivity contribution in [3.05, 3.63) is 41.4 Å². The summed E-state index contributed by atoms with van der Waals surface area (Å²) >= 11 is 0. The van der Waals surface area contributed by atoms with Crippen LogP contribution < -0.4 is 5.32 Å². The third kappa shape index (κ3) is 3.31. The number of anilines is 1. The molecule has 2 aromatic rings. The van der Waals surface area contributed by atoms with E-state index in [0.717, 1.165) is 11.5 Å². The zero-order valence-corrected chi connectivity index (χ0v) is 11.2. The van der Waals surface area contributed by atoms with Crippen LogP contribution in [0.25, 0.3) is 0 Å². The van der Waals surface area contributed by atoms with Gasteiger partial charge in [0, 0.05) is 26.4 Å². The fraction of sp³-hybridized carbons (Fsp3) is 0.308. The third-order valence-corrected chi connectivity index (χ3v) is 2.54. The number of nitrogens with zero attached hydrogens (tertiary/aromatic N) is 3. The standard InChI is InChI=1S/C13H16N4O2/c1-9-6-11(16-19-9)8-15-12-5-4-10(7-14-12)13(18)17(2)3/h4-7H,8H2,1-3H3,(H,14,15). The second kappa shape index (κ2) is 5.51. The highest BCUT2D eigenvalue weighted by atomic mass is 16.5. The number of aryl methyl sites for hydroxylation is 1. The normalized spacial score (nSPS) is 10.3. The van der Waals surface area contributed by atoms with Crippen molar-refractivity contribution in [1.29, 1.82) is 0 Å². The van der Waals surface area contributed by atoms with Crippen molar-refractivity contribution in [3.8, 4) is 0 Å². The predicted octanol–water partition coefficient (Wildman–Crippen LogP) is 1.69. The minimum atomic E-state index is -0.0637. The first-order chi connectivity index (χ1) is 9.06. The molecule has 0 spiro atoms. The molecule has 2 aromatic heterocycles. The highest BCUT2D eigenvalue weighted by Gasteiger charge is 2.08. The molecule has 0 aromatic carbocycles. The molecule has 2 heterocycles. The lowest BCUT2D eigenvalue weighted by molar-refractivity contribution is 0.0827. The molecule has 0 bridgehead atoms. The Morgan fingerprint density at radius 2 is 2.21 bits per heavy atom. The number of amides is 1. The summed E-state index contributed by atoms with van der Waals surface area (Å²) in [6.07, 6.45) is 1.55. The molecular weight excluding hydrogens is 244 g/mol. The Hall–Kier alpha value is -2.37. The van der Waals surface area contributed by atoms with Crippen LogP contribution in [0.3, 0.4) is 0 Å². The van der Waals surface area contributed by atoms with E-state index in [9.17, 15) is 4.79 Å². The van der Waals surface area contributed by atoms with Gasteiger partial charge < -0.3 is 14.7 Å². The monoisotopic (exact) mass is 260 g/mol. The van der Waals surface area contributed by atoms with Crippen molar-refractivity contribution in [2.75, 3.05) is 19.4 Å². The van der Waals surface area contributed by atoms with Crippen LogP contribution in [0.4, 0.5) is 5.82 Å². The van der Waals surface area contributed by atoms with Gasteiger partial charge in [-0.25, -0.2) is 4.98 Å². The van der Waals surface area contributed by atoms with Gasteiger partial charge in [-0.05, 0) is 19.1 Å². The number of carbonyl (C=O) groups excluding carboxylic acids is 1. The molecule has 2 rings (SSSR count). The van der Waals surface area contributed by atoms with E-state index < -0.39 is 0 Å². The number of carbonyl (C=O) groups is 1. The molecular formula is C13H16N4O2. The summed E-state index contributed by atoms with van der Waals surface area (Å²) in [7, 11) is 3.42. The first kappa shape index (κ1) is 13.1. The maximum absolute atomic E-state index is 11.7. The van der Waals surface area contributed by atoms with Crippen LogP contribution in [-0.4, -0.2) is 35.0 Å². The lowest BCUT2D eigenvalue weighted by Crippen LogP contribution is -2.21. The van der Waals surface area contributed by atoms with Gasteiger partial charge in [0.1, 0.15) is 17.3 Å². The summed E-state index contributed by atoms with van der Waals surface area (Å²) in [6, 6.07) is 5.37. The van der Waals surface area contributed by atoms with E-state index in [1.807, 2.05) is 13.0 Å². The van der Waals surface area contributed by atoms with Crippen molar-refractivity contribution < 1.29 is 9.32 Å². The molecule has 0 fully saturated rings. The maximum atomic E-state index is 11.7. The number of aromatic nitrogens is 2. The smallest absolute Gasteiger partial charge is 0.254 e. The summed E-state index contributed by atoms with van der Waals surface area (Å²) < 4.78 is 4.97. The quantitative estimate of drug-likeness (QED) is 0.905. The Kier molecular flexibility index (Phi) is 3.79. The summed E-state index contributed by atoms with van der Waals surface area (Å²) in [5.41, 5.74) is 1.38. The zero-order valence-electron chi connectivity index (χ0n) is 11.2. The van der Waals surface area contributed by atoms with Gasteiger partial charge in [-0.3, -0.25) is 4.79 Å². The van der Waals surface area contributed by atoms with E-state index in [2.05, 4.69) is 15.5 Å². The molecule has 0 saturated heterocycles. The molecule has 100 valence electrons. The van der Waals surface area contributed by atoms with Crippen LogP contribution in [0.2, 0.25) is 0 Å². The number of rotatable bonds is 4. The minimum absolute atomic E-state index is 0.0637. The van der Waals surface area contributed by atoms with Gasteiger partial charge in [-0.2, -0.15) is 0 Å². The molecule has 0 unspecified atom stereocenters. The van der Waals surface area contributed by atoms with Crippen LogP contribution >= 0.6 is 0 Å². The summed E-state index contributed by atoms with van der Waals surface area (Å²) in [5.74, 6) is 1.40. The zero-order chi connectivity index (χ0) is 13.8. The highest BCUT2D eigenvalue weighted by molar-refractivity contribution is 5.93. The summed E-state index contributed by atoms with van der Waals surface area (Å²) in [6.45, 7) is 2.38. The van der Waals surface area contributed by atoms with E-state index in [-0.39, 0.29) is 5.91 Å². The van der Waals surface area contributed by atoms with Gasteiger partial charge in [0.2, 0.25) is 0 Å². The highest BCUT2D eigenvalue weighted by Crippen LogP contribution is 2.09. The predicted molar refractivity (Wildman–Crippen MR) is 70.8 cm³/mol. The van der Waals surface area contributed by atoms with Crippen LogP contribution in [-0.2, 0) is 6.54 Å². The molecule has 1 N–H and O–H groups in total. The van der Waals surface area contributed by atoms with Crippen molar-refractivity contribution in [3.63, 3.8) is 0 Å². The summed E-state index contributed by atoms with van der Waals surface area (Å²) in [5, 5.41) is 6.98. The van der Waals surface area contributed by atoms with Crippen molar-refractivity contribution >= 4 is 11.7 Å². The largest absolute Gasteiger partial charge is 0.364 e. The van der Waals surface area contributed by atoms with Crippen molar-refractivity contribution in [1.82, 2.24) is 15.0 Å². The average Bonchev–Trinajstić information content (AvgIpc) is 2.82. The van der Waals surface area contributed by atoms with E-state index in [0.29, 0.717) is 17.9 Å². The van der Waals surface area contributed by atoms with Crippen LogP contribution in [0.5, 0.6) is 0 Å². The van der Waals surface area contributed by atoms with Crippen LogP contribution in [0.1, 0.15) is 21.8 Å². The molecule has 0 aliphatic rings. The Balaban J connectivity index is 1.97. The molecule has 0 atom stereocenters. The molecule has 0 radical (unpaired) electrons. The number of nitrogens with one attached hydrogen (secondary N) is 1. The number of hydrogen-bond donors (Lipinski definition) is 1.